The second-order valence-corrected chi connectivity index (χ2v) is 3.82. The van der Waals surface area contributed by atoms with Gasteiger partial charge in [-0.2, -0.15) is 20.2 Å². The van der Waals surface area contributed by atoms with E-state index in [1.54, 1.807) is 24.3 Å². The van der Waals surface area contributed by atoms with E-state index in [1.165, 1.54) is 0 Å². The van der Waals surface area contributed by atoms with Gasteiger partial charge in [-0.15, -0.1) is 0 Å². The predicted molar refractivity (Wildman–Crippen MR) is 70.2 cm³/mol. The van der Waals surface area contributed by atoms with E-state index in [0.29, 0.717) is 23.8 Å². The Kier molecular flexibility index (Phi) is 4.11. The third kappa shape index (κ3) is 3.53. The number of benzene rings is 1. The Morgan fingerprint density at radius 1 is 1.37 bits per heavy atom. The minimum Gasteiger partial charge on any atom is -0.424 e. The topological polar surface area (TPSA) is 83.7 Å². The summed E-state index contributed by atoms with van der Waals surface area (Å²) < 4.78 is 5.45. The highest BCUT2D eigenvalue weighted by Gasteiger charge is 2.07. The maximum absolute atomic E-state index is 8.81. The fourth-order valence-electron chi connectivity index (χ4n) is 1.35. The minimum absolute atomic E-state index is 0.0392. The van der Waals surface area contributed by atoms with Crippen LogP contribution in [0.1, 0.15) is 12.5 Å². The van der Waals surface area contributed by atoms with E-state index in [0.717, 1.165) is 0 Å². The van der Waals surface area contributed by atoms with Crippen LogP contribution in [0.15, 0.2) is 24.3 Å². The number of aromatic nitrogens is 3. The van der Waals surface area contributed by atoms with Crippen LogP contribution >= 0.6 is 11.6 Å². The van der Waals surface area contributed by atoms with Gasteiger partial charge in [-0.1, -0.05) is 6.07 Å². The van der Waals surface area contributed by atoms with Crippen molar-refractivity contribution in [3.8, 4) is 17.8 Å². The van der Waals surface area contributed by atoms with Crippen LogP contribution in [0.5, 0.6) is 11.8 Å². The van der Waals surface area contributed by atoms with Gasteiger partial charge >= 0.3 is 6.01 Å². The molecule has 1 aromatic carbocycles. The summed E-state index contributed by atoms with van der Waals surface area (Å²) in [6.45, 7) is 2.57. The minimum atomic E-state index is 0.0392. The van der Waals surface area contributed by atoms with Crippen molar-refractivity contribution in [3.63, 3.8) is 0 Å². The van der Waals surface area contributed by atoms with Crippen LogP contribution in [-0.4, -0.2) is 21.5 Å². The van der Waals surface area contributed by atoms with Crippen molar-refractivity contribution in [2.75, 3.05) is 11.9 Å². The fraction of sp³-hybridized carbons (Fsp3) is 0.167. The van der Waals surface area contributed by atoms with Crippen LogP contribution in [0.2, 0.25) is 5.28 Å². The molecule has 0 saturated heterocycles. The molecular weight excluding hydrogens is 266 g/mol. The van der Waals surface area contributed by atoms with E-state index in [-0.39, 0.29) is 11.3 Å². The van der Waals surface area contributed by atoms with Crippen molar-refractivity contribution >= 4 is 17.5 Å². The molecule has 2 rings (SSSR count). The van der Waals surface area contributed by atoms with Crippen LogP contribution in [0, 0.1) is 11.3 Å². The van der Waals surface area contributed by atoms with Gasteiger partial charge in [-0.25, -0.2) is 0 Å². The smallest absolute Gasteiger partial charge is 0.328 e. The van der Waals surface area contributed by atoms with Gasteiger partial charge in [0.05, 0.1) is 11.6 Å². The third-order valence-electron chi connectivity index (χ3n) is 2.09. The van der Waals surface area contributed by atoms with Crippen molar-refractivity contribution in [2.24, 2.45) is 0 Å². The van der Waals surface area contributed by atoms with E-state index >= 15 is 0 Å². The molecule has 0 saturated carbocycles. The normalized spacial score (nSPS) is 9.74. The molecule has 1 aromatic heterocycles. The number of rotatable bonds is 4. The number of anilines is 1. The van der Waals surface area contributed by atoms with Gasteiger partial charge in [-0.3, -0.25) is 0 Å². The van der Waals surface area contributed by atoms with Gasteiger partial charge in [-0.05, 0) is 36.7 Å². The molecule has 0 atom stereocenters. The van der Waals surface area contributed by atoms with E-state index in [4.69, 9.17) is 21.6 Å². The van der Waals surface area contributed by atoms with Crippen LogP contribution < -0.4 is 10.1 Å². The molecule has 0 unspecified atom stereocenters. The highest BCUT2D eigenvalue weighted by molar-refractivity contribution is 6.28. The summed E-state index contributed by atoms with van der Waals surface area (Å²) >= 11 is 5.78. The van der Waals surface area contributed by atoms with E-state index in [9.17, 15) is 0 Å². The molecule has 19 heavy (non-hydrogen) atoms. The monoisotopic (exact) mass is 275 g/mol. The lowest BCUT2D eigenvalue weighted by Gasteiger charge is -2.06. The summed E-state index contributed by atoms with van der Waals surface area (Å²) in [6, 6.07) is 8.78. The molecule has 1 heterocycles. The quantitative estimate of drug-likeness (QED) is 0.923. The Morgan fingerprint density at radius 2 is 2.21 bits per heavy atom. The maximum Gasteiger partial charge on any atom is 0.328 e. The average molecular weight is 276 g/mol. The molecule has 0 radical (unpaired) electrons. The first-order valence-corrected chi connectivity index (χ1v) is 5.92. The second-order valence-electron chi connectivity index (χ2n) is 3.48. The average Bonchev–Trinajstić information content (AvgIpc) is 2.38. The molecule has 2 aromatic rings. The molecule has 0 aliphatic rings. The van der Waals surface area contributed by atoms with Gasteiger partial charge in [0.25, 0.3) is 0 Å². The Morgan fingerprint density at radius 3 is 2.95 bits per heavy atom. The summed E-state index contributed by atoms with van der Waals surface area (Å²) in [7, 11) is 0. The summed E-state index contributed by atoms with van der Waals surface area (Å²) in [6.07, 6.45) is 0. The Labute approximate surface area is 115 Å². The number of nitriles is 1. The van der Waals surface area contributed by atoms with Crippen LogP contribution in [0.3, 0.4) is 0 Å². The zero-order valence-corrected chi connectivity index (χ0v) is 10.8. The predicted octanol–water partition coefficient (Wildman–Crippen LogP) is 2.62. The van der Waals surface area contributed by atoms with E-state index < -0.39 is 0 Å². The summed E-state index contributed by atoms with van der Waals surface area (Å²) in [4.78, 5) is 11.8. The van der Waals surface area contributed by atoms with E-state index in [2.05, 4.69) is 20.3 Å². The zero-order chi connectivity index (χ0) is 13.7. The molecule has 0 bridgehead atoms. The van der Waals surface area contributed by atoms with Gasteiger partial charge in [0.1, 0.15) is 5.75 Å². The van der Waals surface area contributed by atoms with Crippen LogP contribution in [0.4, 0.5) is 5.95 Å². The van der Waals surface area contributed by atoms with Gasteiger partial charge in [0.15, 0.2) is 0 Å². The Hall–Kier alpha value is -2.39. The van der Waals surface area contributed by atoms with Crippen molar-refractivity contribution in [2.45, 2.75) is 6.92 Å². The lowest BCUT2D eigenvalue weighted by atomic mass is 10.2. The molecule has 0 aliphatic carbocycles. The highest BCUT2D eigenvalue weighted by Crippen LogP contribution is 2.20. The molecule has 0 amide bonds. The number of hydrogen-bond acceptors (Lipinski definition) is 6. The van der Waals surface area contributed by atoms with Crippen molar-refractivity contribution in [3.05, 3.63) is 35.1 Å². The number of ether oxygens (including phenoxy) is 1. The molecule has 7 heteroatoms. The first-order valence-electron chi connectivity index (χ1n) is 5.54. The Balaban J connectivity index is 2.25. The molecule has 0 spiro atoms. The summed E-state index contributed by atoms with van der Waals surface area (Å²) in [5.74, 6) is 0.803. The van der Waals surface area contributed by atoms with Crippen LogP contribution in [0.25, 0.3) is 0 Å². The molecule has 1 N–H and O–H groups in total. The third-order valence-corrected chi connectivity index (χ3v) is 2.26. The van der Waals surface area contributed by atoms with Crippen molar-refractivity contribution in [1.29, 1.82) is 5.26 Å². The lowest BCUT2D eigenvalue weighted by Crippen LogP contribution is -2.04. The maximum atomic E-state index is 8.81. The summed E-state index contributed by atoms with van der Waals surface area (Å²) in [5, 5.41) is 11.8. The van der Waals surface area contributed by atoms with Crippen LogP contribution in [-0.2, 0) is 0 Å². The first kappa shape index (κ1) is 13.1. The highest BCUT2D eigenvalue weighted by atomic mass is 35.5. The molecule has 6 nitrogen and oxygen atoms in total. The van der Waals surface area contributed by atoms with Crippen molar-refractivity contribution < 1.29 is 4.74 Å². The SMILES string of the molecule is CCNc1nc(Cl)nc(Oc2cccc(C#N)c2)n1. The fourth-order valence-corrected chi connectivity index (χ4v) is 1.50. The number of hydrogen-bond donors (Lipinski definition) is 1. The number of halogens is 1. The van der Waals surface area contributed by atoms with Gasteiger partial charge in [0.2, 0.25) is 11.2 Å². The van der Waals surface area contributed by atoms with Gasteiger partial charge < -0.3 is 10.1 Å². The molecule has 96 valence electrons. The number of nitrogens with zero attached hydrogens (tertiary/aromatic N) is 4. The zero-order valence-electron chi connectivity index (χ0n) is 10.1. The Bertz CT molecular complexity index is 626. The standard InChI is InChI=1S/C12H10ClN5O/c1-2-15-11-16-10(13)17-12(18-11)19-9-5-3-4-8(6-9)7-14/h3-6H,2H2,1H3,(H,15,16,17,18). The van der Waals surface area contributed by atoms with Crippen molar-refractivity contribution in [1.82, 2.24) is 15.0 Å². The molecular formula is C12H10ClN5O. The first-order chi connectivity index (χ1) is 9.21. The largest absolute Gasteiger partial charge is 0.424 e. The molecule has 0 aliphatic heterocycles. The van der Waals surface area contributed by atoms with E-state index in [1.807, 2.05) is 13.0 Å². The van der Waals surface area contributed by atoms with Gasteiger partial charge in [0, 0.05) is 6.54 Å². The lowest BCUT2D eigenvalue weighted by molar-refractivity contribution is 0.440. The second kappa shape index (κ2) is 5.98. The molecule has 0 fully saturated rings. The summed E-state index contributed by atoms with van der Waals surface area (Å²) in [5.41, 5.74) is 0.490. The number of nitrogens with one attached hydrogen (secondary N) is 1.